The summed E-state index contributed by atoms with van der Waals surface area (Å²) in [5.74, 6) is -1.18. The van der Waals surface area contributed by atoms with Crippen molar-refractivity contribution in [3.8, 4) is 5.75 Å². The van der Waals surface area contributed by atoms with Crippen LogP contribution >= 0.6 is 0 Å². The first kappa shape index (κ1) is 76.4. The average Bonchev–Trinajstić information content (AvgIpc) is 3.08. The maximum absolute atomic E-state index is 10.6. The number of hydrogen-bond acceptors (Lipinski definition) is 13. The molecule has 0 saturated carbocycles. The smallest absolute Gasteiger partial charge is 0.331 e. The molecular formula is C40H90O14. The van der Waals surface area contributed by atoms with Crippen molar-refractivity contribution in [1.82, 2.24) is 0 Å². The predicted molar refractivity (Wildman–Crippen MR) is 224 cm³/mol. The van der Waals surface area contributed by atoms with Crippen molar-refractivity contribution >= 4 is 5.97 Å². The lowest BCUT2D eigenvalue weighted by molar-refractivity contribution is -0.138. The number of ether oxygens (including phenoxy) is 2. The summed E-state index contributed by atoms with van der Waals surface area (Å²) >= 11 is 0. The van der Waals surface area contributed by atoms with Crippen molar-refractivity contribution in [3.63, 3.8) is 0 Å². The van der Waals surface area contributed by atoms with Crippen LogP contribution in [0.5, 0.6) is 5.75 Å². The number of unbranched alkanes of at least 4 members (excludes halogenated alkanes) is 6. The highest BCUT2D eigenvalue weighted by Crippen LogP contribution is 2.25. The molecule has 1 aromatic carbocycles. The van der Waals surface area contributed by atoms with E-state index in [9.17, 15) is 4.79 Å². The van der Waals surface area contributed by atoms with Crippen molar-refractivity contribution in [3.05, 3.63) is 42.7 Å². The SMILES string of the molecule is CCCCCCCCCC(C)(OC=CC(=O)O)Oc1ccccc1.CCO.CCO.CCO.CCO.CCO.CCO.CCO.CCO.CCO.CCO. The molecule has 1 unspecified atom stereocenters. The van der Waals surface area contributed by atoms with Gasteiger partial charge in [0.2, 0.25) is 5.79 Å². The van der Waals surface area contributed by atoms with Crippen LogP contribution in [0.1, 0.15) is 134 Å². The third-order valence-corrected chi connectivity index (χ3v) is 3.84. The summed E-state index contributed by atoms with van der Waals surface area (Å²) in [5, 5.41) is 84.4. The fourth-order valence-electron chi connectivity index (χ4n) is 2.51. The van der Waals surface area contributed by atoms with Gasteiger partial charge in [0, 0.05) is 79.4 Å². The van der Waals surface area contributed by atoms with Gasteiger partial charge in [0.05, 0.1) is 12.3 Å². The van der Waals surface area contributed by atoms with Crippen LogP contribution in [0.15, 0.2) is 42.7 Å². The fourth-order valence-corrected chi connectivity index (χ4v) is 2.51. The molecule has 0 heterocycles. The van der Waals surface area contributed by atoms with E-state index in [4.69, 9.17) is 65.6 Å². The van der Waals surface area contributed by atoms with Crippen LogP contribution in [0.2, 0.25) is 0 Å². The standard InChI is InChI=1S/C20H30O4.10C2H6O/c1-3-4-5-6-7-8-12-16-20(2,23-17-15-19(21)22)24-18-13-10-9-11-14-18;10*1-2-3/h9-11,13-15,17H,3-8,12,16H2,1-2H3,(H,21,22);10*3H,2H2,1H3. The summed E-state index contributed by atoms with van der Waals surface area (Å²) in [6.45, 7) is 23.4. The first-order valence-electron chi connectivity index (χ1n) is 19.1. The Hall–Kier alpha value is -2.37. The van der Waals surface area contributed by atoms with Gasteiger partial charge in [-0.1, -0.05) is 63.6 Å². The molecule has 14 heteroatoms. The quantitative estimate of drug-likeness (QED) is 0.0509. The maximum atomic E-state index is 10.6. The largest absolute Gasteiger partial charge is 0.478 e. The highest BCUT2D eigenvalue weighted by Gasteiger charge is 2.26. The minimum Gasteiger partial charge on any atom is -0.478 e. The molecule has 334 valence electrons. The van der Waals surface area contributed by atoms with Crippen LogP contribution in [0.4, 0.5) is 0 Å². The zero-order chi connectivity index (χ0) is 44.7. The second-order valence-electron chi connectivity index (χ2n) is 9.34. The summed E-state index contributed by atoms with van der Waals surface area (Å²) in [4.78, 5) is 10.6. The molecule has 0 radical (unpaired) electrons. The summed E-state index contributed by atoms with van der Waals surface area (Å²) in [5.41, 5.74) is 0. The highest BCUT2D eigenvalue weighted by atomic mass is 16.7. The van der Waals surface area contributed by atoms with Gasteiger partial charge in [-0.25, -0.2) is 4.79 Å². The number of carboxylic acids is 1. The van der Waals surface area contributed by atoms with Crippen molar-refractivity contribution < 1.29 is 70.4 Å². The minimum absolute atomic E-state index is 0.250. The topological polar surface area (TPSA) is 258 Å². The predicted octanol–water partition coefficient (Wildman–Crippen LogP) is 5.52. The van der Waals surface area contributed by atoms with Gasteiger partial charge < -0.3 is 65.6 Å². The van der Waals surface area contributed by atoms with Gasteiger partial charge in [0.1, 0.15) is 5.75 Å². The molecule has 0 aliphatic rings. The van der Waals surface area contributed by atoms with Crippen LogP contribution < -0.4 is 4.74 Å². The van der Waals surface area contributed by atoms with Gasteiger partial charge in [-0.3, -0.25) is 0 Å². The molecule has 0 spiro atoms. The van der Waals surface area contributed by atoms with Crippen molar-refractivity contribution in [2.45, 2.75) is 140 Å². The van der Waals surface area contributed by atoms with E-state index in [0.717, 1.165) is 18.9 Å². The zero-order valence-electron chi connectivity index (χ0n) is 36.4. The third kappa shape index (κ3) is 154. The number of para-hydroxylation sites is 1. The first-order valence-corrected chi connectivity index (χ1v) is 19.1. The molecule has 0 fully saturated rings. The van der Waals surface area contributed by atoms with Crippen LogP contribution in [0.3, 0.4) is 0 Å². The molecular weight excluding hydrogens is 704 g/mol. The molecule has 0 saturated heterocycles. The molecule has 54 heavy (non-hydrogen) atoms. The van der Waals surface area contributed by atoms with E-state index in [1.807, 2.05) is 37.3 Å². The molecule has 1 rings (SSSR count). The number of aliphatic hydroxyl groups is 10. The Kier molecular flexibility index (Phi) is 131. The summed E-state index contributed by atoms with van der Waals surface area (Å²) in [7, 11) is 0. The Morgan fingerprint density at radius 3 is 1.07 bits per heavy atom. The van der Waals surface area contributed by atoms with Gasteiger partial charge in [-0.2, -0.15) is 0 Å². The number of hydrogen-bond donors (Lipinski definition) is 11. The normalized spacial score (nSPS) is 9.37. The van der Waals surface area contributed by atoms with Crippen LogP contribution in [0.25, 0.3) is 0 Å². The Balaban J connectivity index is -0.0000000656. The number of carboxylic acid groups (broad SMARTS) is 1. The molecule has 1 atom stereocenters. The number of aliphatic hydroxyl groups excluding tert-OH is 10. The van der Waals surface area contributed by atoms with E-state index in [-0.39, 0.29) is 66.1 Å². The first-order chi connectivity index (χ1) is 25.7. The molecule has 0 aliphatic heterocycles. The Morgan fingerprint density at radius 2 is 0.796 bits per heavy atom. The number of carbonyl (C=O) groups is 1. The molecule has 0 aliphatic carbocycles. The van der Waals surface area contributed by atoms with E-state index in [1.165, 1.54) is 38.4 Å². The van der Waals surface area contributed by atoms with Crippen molar-refractivity contribution in [1.29, 1.82) is 0 Å². The lowest BCUT2D eigenvalue weighted by Gasteiger charge is -2.30. The molecule has 11 N–H and O–H groups in total. The van der Waals surface area contributed by atoms with E-state index in [1.54, 1.807) is 69.2 Å². The highest BCUT2D eigenvalue weighted by molar-refractivity contribution is 5.79. The van der Waals surface area contributed by atoms with E-state index in [2.05, 4.69) is 6.92 Å². The van der Waals surface area contributed by atoms with Gasteiger partial charge in [0.15, 0.2) is 0 Å². The van der Waals surface area contributed by atoms with E-state index >= 15 is 0 Å². The third-order valence-electron chi connectivity index (χ3n) is 3.84. The number of benzene rings is 1. The number of aliphatic carboxylic acids is 1. The number of rotatable bonds is 13. The Morgan fingerprint density at radius 1 is 0.519 bits per heavy atom. The summed E-state index contributed by atoms with van der Waals surface area (Å²) < 4.78 is 11.6. The van der Waals surface area contributed by atoms with Crippen molar-refractivity contribution in [2.24, 2.45) is 0 Å². The zero-order valence-corrected chi connectivity index (χ0v) is 36.4. The van der Waals surface area contributed by atoms with Crippen LogP contribution in [-0.4, -0.2) is 134 Å². The minimum atomic E-state index is -1.03. The summed E-state index contributed by atoms with van der Waals surface area (Å²) in [6.07, 6.45) is 11.3. The van der Waals surface area contributed by atoms with Gasteiger partial charge in [-0.05, 0) is 87.8 Å². The molecule has 0 bridgehead atoms. The lowest BCUT2D eigenvalue weighted by atomic mass is 10.1. The van der Waals surface area contributed by atoms with Gasteiger partial charge in [-0.15, -0.1) is 0 Å². The summed E-state index contributed by atoms with van der Waals surface area (Å²) in [6, 6.07) is 9.46. The monoisotopic (exact) mass is 795 g/mol. The molecule has 0 amide bonds. The fraction of sp³-hybridized carbons (Fsp3) is 0.775. The van der Waals surface area contributed by atoms with Crippen molar-refractivity contribution in [2.75, 3.05) is 66.1 Å². The molecule has 1 aromatic rings. The molecule has 0 aromatic heterocycles. The average molecular weight is 795 g/mol. The second-order valence-corrected chi connectivity index (χ2v) is 9.34. The lowest BCUT2D eigenvalue weighted by Crippen LogP contribution is -2.34. The van der Waals surface area contributed by atoms with Gasteiger partial charge in [0.25, 0.3) is 0 Å². The second kappa shape index (κ2) is 92.9. The van der Waals surface area contributed by atoms with E-state index in [0.29, 0.717) is 12.2 Å². The Labute approximate surface area is 330 Å². The Bertz CT molecular complexity index is 622. The van der Waals surface area contributed by atoms with E-state index < -0.39 is 11.8 Å². The molecule has 14 nitrogen and oxygen atoms in total. The van der Waals surface area contributed by atoms with Crippen LogP contribution in [0, 0.1) is 0 Å². The van der Waals surface area contributed by atoms with Crippen LogP contribution in [-0.2, 0) is 9.53 Å². The maximum Gasteiger partial charge on any atom is 0.331 e. The van der Waals surface area contributed by atoms with Gasteiger partial charge >= 0.3 is 5.97 Å².